The first-order valence-corrected chi connectivity index (χ1v) is 19.9. The number of unbranched alkanes of at least 4 members (excludes halogenated alkanes) is 18. The Morgan fingerprint density at radius 1 is 0.633 bits per heavy atom. The van der Waals surface area contributed by atoms with Crippen molar-refractivity contribution in [2.45, 2.75) is 198 Å². The number of ether oxygens (including phenoxy) is 4. The van der Waals surface area contributed by atoms with Crippen molar-refractivity contribution in [3.63, 3.8) is 0 Å². The molecule has 6 atom stereocenters. The molecule has 9 heteroatoms. The largest absolute Gasteiger partial charge is 0.457 e. The smallest absolute Gasteiger partial charge is 0.306 e. The van der Waals surface area contributed by atoms with E-state index in [2.05, 4.69) is 38.2 Å². The van der Waals surface area contributed by atoms with Gasteiger partial charge in [-0.3, -0.25) is 4.79 Å². The van der Waals surface area contributed by atoms with Crippen molar-refractivity contribution in [2.24, 2.45) is 0 Å². The molecule has 0 spiro atoms. The predicted octanol–water partition coefficient (Wildman–Crippen LogP) is 7.86. The summed E-state index contributed by atoms with van der Waals surface area (Å²) in [7, 11) is 0. The molecule has 6 unspecified atom stereocenters. The molecule has 1 heterocycles. The summed E-state index contributed by atoms with van der Waals surface area (Å²) in [5, 5.41) is 39.9. The van der Waals surface area contributed by atoms with Gasteiger partial charge in [0.25, 0.3) is 0 Å². The molecule has 4 N–H and O–H groups in total. The molecule has 9 nitrogen and oxygen atoms in total. The van der Waals surface area contributed by atoms with Crippen LogP contribution >= 0.6 is 0 Å². The van der Waals surface area contributed by atoms with Gasteiger partial charge >= 0.3 is 5.97 Å². The highest BCUT2D eigenvalue weighted by molar-refractivity contribution is 5.69. The molecule has 1 aliphatic heterocycles. The molecule has 0 radical (unpaired) electrons. The van der Waals surface area contributed by atoms with Gasteiger partial charge in [-0.2, -0.15) is 0 Å². The van der Waals surface area contributed by atoms with Gasteiger partial charge < -0.3 is 39.4 Å². The average molecular weight is 699 g/mol. The van der Waals surface area contributed by atoms with Crippen molar-refractivity contribution in [3.05, 3.63) is 24.3 Å². The Morgan fingerprint density at radius 3 is 1.71 bits per heavy atom. The number of esters is 1. The molecule has 1 aliphatic rings. The molecular weight excluding hydrogens is 624 g/mol. The highest BCUT2D eigenvalue weighted by Crippen LogP contribution is 2.22. The highest BCUT2D eigenvalue weighted by atomic mass is 16.7. The van der Waals surface area contributed by atoms with Crippen LogP contribution in [-0.4, -0.2) is 89.6 Å². The molecule has 288 valence electrons. The minimum Gasteiger partial charge on any atom is -0.457 e. The van der Waals surface area contributed by atoms with E-state index in [0.717, 1.165) is 51.4 Å². The van der Waals surface area contributed by atoms with Gasteiger partial charge in [-0.15, -0.1) is 0 Å². The normalized spacial score (nSPS) is 22.0. The van der Waals surface area contributed by atoms with E-state index in [1.54, 1.807) is 0 Å². The van der Waals surface area contributed by atoms with Crippen LogP contribution in [-0.2, 0) is 23.7 Å². The van der Waals surface area contributed by atoms with Crippen molar-refractivity contribution >= 4 is 5.97 Å². The zero-order valence-electron chi connectivity index (χ0n) is 31.2. The lowest BCUT2D eigenvalue weighted by atomic mass is 9.99. The van der Waals surface area contributed by atoms with E-state index < -0.39 is 43.4 Å². The molecule has 1 fully saturated rings. The van der Waals surface area contributed by atoms with E-state index in [4.69, 9.17) is 18.9 Å². The summed E-state index contributed by atoms with van der Waals surface area (Å²) in [6.45, 7) is 4.48. The van der Waals surface area contributed by atoms with Gasteiger partial charge in [0.2, 0.25) is 0 Å². The Labute approximate surface area is 298 Å². The van der Waals surface area contributed by atoms with Crippen LogP contribution in [0, 0.1) is 0 Å². The number of hydrogen-bond acceptors (Lipinski definition) is 9. The molecule has 0 saturated carbocycles. The van der Waals surface area contributed by atoms with Crippen LogP contribution in [0.4, 0.5) is 0 Å². The van der Waals surface area contributed by atoms with Crippen molar-refractivity contribution < 1.29 is 44.2 Å². The second-order valence-corrected chi connectivity index (χ2v) is 13.7. The summed E-state index contributed by atoms with van der Waals surface area (Å²) in [6, 6.07) is 0. The Hall–Kier alpha value is -1.33. The topological polar surface area (TPSA) is 135 Å². The second-order valence-electron chi connectivity index (χ2n) is 13.7. The average Bonchev–Trinajstić information content (AvgIpc) is 3.10. The summed E-state index contributed by atoms with van der Waals surface area (Å²) in [6.07, 6.45) is 27.7. The van der Waals surface area contributed by atoms with Gasteiger partial charge in [-0.25, -0.2) is 0 Å². The van der Waals surface area contributed by atoms with E-state index in [-0.39, 0.29) is 19.2 Å². The summed E-state index contributed by atoms with van der Waals surface area (Å²) < 4.78 is 22.7. The molecule has 0 bridgehead atoms. The van der Waals surface area contributed by atoms with Crippen LogP contribution in [0.3, 0.4) is 0 Å². The van der Waals surface area contributed by atoms with Gasteiger partial charge in [0.05, 0.1) is 19.8 Å². The second kappa shape index (κ2) is 32.6. The Kier molecular flexibility index (Phi) is 30.4. The van der Waals surface area contributed by atoms with Crippen molar-refractivity contribution in [2.75, 3.05) is 26.4 Å². The third-order valence-electron chi connectivity index (χ3n) is 9.09. The fraction of sp³-hybridized carbons (Fsp3) is 0.875. The number of carbonyl (C=O) groups is 1. The van der Waals surface area contributed by atoms with Gasteiger partial charge in [0.15, 0.2) is 6.29 Å². The fourth-order valence-electron chi connectivity index (χ4n) is 5.88. The SMILES string of the molecule is CCCC/C=C\CCCCCCCC(=O)OC(COCCCCCCCC/C=C\CCCCCCC)COC1OC(CO)C(O)C(O)C1O. The molecule has 0 aromatic heterocycles. The van der Waals surface area contributed by atoms with Gasteiger partial charge in [-0.05, 0) is 57.8 Å². The van der Waals surface area contributed by atoms with Crippen molar-refractivity contribution in [3.8, 4) is 0 Å². The first kappa shape index (κ1) is 45.7. The lowest BCUT2D eigenvalue weighted by Crippen LogP contribution is -2.59. The van der Waals surface area contributed by atoms with E-state index >= 15 is 0 Å². The number of carbonyl (C=O) groups excluding carboxylic acids is 1. The number of aliphatic hydroxyl groups is 4. The van der Waals surface area contributed by atoms with E-state index in [0.29, 0.717) is 13.0 Å². The first-order valence-electron chi connectivity index (χ1n) is 19.9. The quantitative estimate of drug-likeness (QED) is 0.0307. The minimum absolute atomic E-state index is 0.118. The number of hydrogen-bond donors (Lipinski definition) is 4. The van der Waals surface area contributed by atoms with E-state index in [1.807, 2.05) is 0 Å². The third kappa shape index (κ3) is 24.5. The fourth-order valence-corrected chi connectivity index (χ4v) is 5.88. The monoisotopic (exact) mass is 699 g/mol. The molecule has 1 saturated heterocycles. The summed E-state index contributed by atoms with van der Waals surface area (Å²) in [5.74, 6) is -0.327. The van der Waals surface area contributed by atoms with Crippen LogP contribution in [0.25, 0.3) is 0 Å². The summed E-state index contributed by atoms with van der Waals surface area (Å²) in [4.78, 5) is 12.7. The Morgan fingerprint density at radius 2 is 1.14 bits per heavy atom. The number of rotatable bonds is 33. The molecule has 0 amide bonds. The van der Waals surface area contributed by atoms with Gasteiger partial charge in [0, 0.05) is 13.0 Å². The van der Waals surface area contributed by atoms with Crippen LogP contribution in [0.1, 0.15) is 162 Å². The third-order valence-corrected chi connectivity index (χ3v) is 9.09. The lowest BCUT2D eigenvalue weighted by molar-refractivity contribution is -0.305. The lowest BCUT2D eigenvalue weighted by Gasteiger charge is -2.39. The number of aliphatic hydroxyl groups excluding tert-OH is 4. The Bertz CT molecular complexity index is 803. The standard InChI is InChI=1S/C40H74O9/c1-3-5-7-9-11-13-15-16-17-18-20-22-24-26-28-30-46-32-34(33-47-40-39(45)38(44)37(43)35(31-41)49-40)48-36(42)29-27-25-23-21-19-14-12-10-8-6-4-2/h10,12,15-16,34-35,37-41,43-45H,3-9,11,13-14,17-33H2,1-2H3/b12-10-,16-15-. The van der Waals surface area contributed by atoms with Crippen molar-refractivity contribution in [1.82, 2.24) is 0 Å². The molecule has 1 rings (SSSR count). The maximum absolute atomic E-state index is 12.7. The summed E-state index contributed by atoms with van der Waals surface area (Å²) in [5.41, 5.74) is 0. The molecule has 49 heavy (non-hydrogen) atoms. The van der Waals surface area contributed by atoms with Crippen LogP contribution in [0.5, 0.6) is 0 Å². The van der Waals surface area contributed by atoms with Crippen LogP contribution in [0.2, 0.25) is 0 Å². The zero-order chi connectivity index (χ0) is 35.8. The maximum atomic E-state index is 12.7. The molecular formula is C40H74O9. The van der Waals surface area contributed by atoms with Gasteiger partial charge in [0.1, 0.15) is 30.5 Å². The molecule has 0 aliphatic carbocycles. The Balaban J connectivity index is 2.32. The summed E-state index contributed by atoms with van der Waals surface area (Å²) >= 11 is 0. The van der Waals surface area contributed by atoms with Crippen LogP contribution < -0.4 is 0 Å². The minimum atomic E-state index is -1.54. The van der Waals surface area contributed by atoms with Crippen molar-refractivity contribution in [1.29, 1.82) is 0 Å². The first-order chi connectivity index (χ1) is 23.9. The zero-order valence-corrected chi connectivity index (χ0v) is 31.2. The molecule has 0 aromatic rings. The van der Waals surface area contributed by atoms with E-state index in [1.165, 1.54) is 89.9 Å². The van der Waals surface area contributed by atoms with Crippen LogP contribution in [0.15, 0.2) is 24.3 Å². The van der Waals surface area contributed by atoms with E-state index in [9.17, 15) is 25.2 Å². The maximum Gasteiger partial charge on any atom is 0.306 e. The van der Waals surface area contributed by atoms with Gasteiger partial charge in [-0.1, -0.05) is 122 Å². The molecule has 0 aromatic carbocycles. The number of allylic oxidation sites excluding steroid dienone is 4. The predicted molar refractivity (Wildman–Crippen MR) is 196 cm³/mol. The highest BCUT2D eigenvalue weighted by Gasteiger charge is 2.44.